The zero-order valence-electron chi connectivity index (χ0n) is 25.5. The van der Waals surface area contributed by atoms with Crippen LogP contribution in [-0.2, 0) is 5.41 Å². The normalized spacial score (nSPS) is 18.6. The van der Waals surface area contributed by atoms with Crippen LogP contribution in [0.25, 0.3) is 55.0 Å². The second-order valence-electron chi connectivity index (χ2n) is 12.8. The molecular weight excluding hydrogens is 558 g/mol. The molecule has 0 saturated heterocycles. The summed E-state index contributed by atoms with van der Waals surface area (Å²) < 4.78 is 4.84. The summed E-state index contributed by atoms with van der Waals surface area (Å²) in [5.74, 6) is 0. The Balaban J connectivity index is 1.18. The predicted octanol–water partition coefficient (Wildman–Crippen LogP) is 10.8. The summed E-state index contributed by atoms with van der Waals surface area (Å²) in [5.41, 5.74) is 11.0. The summed E-state index contributed by atoms with van der Waals surface area (Å²) in [6.45, 7) is 2.36. The first kappa shape index (κ1) is 25.5. The molecule has 1 aliphatic carbocycles. The third-order valence-corrected chi connectivity index (χ3v) is 10.3. The molecule has 0 amide bonds. The monoisotopic (exact) mass is 589 g/mol. The van der Waals surface area contributed by atoms with Crippen LogP contribution in [0.15, 0.2) is 164 Å². The van der Waals surface area contributed by atoms with E-state index in [9.17, 15) is 0 Å². The van der Waals surface area contributed by atoms with Crippen LogP contribution < -0.4 is 4.90 Å². The minimum Gasteiger partial charge on any atom is -0.333 e. The van der Waals surface area contributed by atoms with Gasteiger partial charge in [-0.1, -0.05) is 103 Å². The van der Waals surface area contributed by atoms with Crippen LogP contribution in [-0.4, -0.2) is 15.2 Å². The van der Waals surface area contributed by atoms with Gasteiger partial charge >= 0.3 is 0 Å². The van der Waals surface area contributed by atoms with Gasteiger partial charge in [0.2, 0.25) is 0 Å². The van der Waals surface area contributed by atoms with Gasteiger partial charge in [-0.05, 0) is 73.2 Å². The van der Waals surface area contributed by atoms with Gasteiger partial charge in [0.25, 0.3) is 0 Å². The molecule has 2 aliphatic rings. The van der Waals surface area contributed by atoms with Crippen molar-refractivity contribution in [2.24, 2.45) is 0 Å². The third-order valence-electron chi connectivity index (χ3n) is 10.3. The molecule has 10 rings (SSSR count). The van der Waals surface area contributed by atoms with Crippen molar-refractivity contribution in [1.82, 2.24) is 9.13 Å². The maximum Gasteiger partial charge on any atom is 0.0655 e. The van der Waals surface area contributed by atoms with Gasteiger partial charge in [-0.3, -0.25) is 0 Å². The number of hydrogen-bond donors (Lipinski definition) is 0. The molecule has 0 fully saturated rings. The molecule has 8 aromatic rings. The topological polar surface area (TPSA) is 13.1 Å². The number of para-hydroxylation sites is 4. The maximum absolute atomic E-state index is 2.52. The smallest absolute Gasteiger partial charge is 0.0655 e. The molecule has 6 aromatic carbocycles. The van der Waals surface area contributed by atoms with Crippen molar-refractivity contribution in [2.75, 3.05) is 4.90 Å². The summed E-state index contributed by atoms with van der Waals surface area (Å²) in [5, 5.41) is 5.06. The van der Waals surface area contributed by atoms with Gasteiger partial charge in [-0.25, -0.2) is 0 Å². The number of hydrogen-bond acceptors (Lipinski definition) is 1. The largest absolute Gasteiger partial charge is 0.333 e. The third kappa shape index (κ3) is 3.37. The van der Waals surface area contributed by atoms with Crippen LogP contribution in [0.2, 0.25) is 0 Å². The molecule has 2 atom stereocenters. The van der Waals surface area contributed by atoms with Crippen molar-refractivity contribution < 1.29 is 0 Å². The van der Waals surface area contributed by atoms with E-state index in [0.29, 0.717) is 0 Å². The van der Waals surface area contributed by atoms with E-state index in [4.69, 9.17) is 0 Å². The molecule has 0 saturated carbocycles. The number of anilines is 2. The molecule has 3 heteroatoms. The van der Waals surface area contributed by atoms with E-state index in [1.54, 1.807) is 0 Å². The van der Waals surface area contributed by atoms with Crippen molar-refractivity contribution in [3.63, 3.8) is 0 Å². The number of benzene rings is 6. The SMILES string of the molecule is CC12C=CC=CC1N(c1cccc(-n3c4ccccc4c4cc(-n5c6ccccc6c6ccccc65)ccc43)c1)c1ccccc12. The van der Waals surface area contributed by atoms with Gasteiger partial charge < -0.3 is 14.0 Å². The maximum atomic E-state index is 2.52. The zero-order valence-corrected chi connectivity index (χ0v) is 25.5. The van der Waals surface area contributed by atoms with Crippen molar-refractivity contribution in [3.8, 4) is 11.4 Å². The summed E-state index contributed by atoms with van der Waals surface area (Å²) in [7, 11) is 0. The summed E-state index contributed by atoms with van der Waals surface area (Å²) in [6.07, 6.45) is 9.10. The number of nitrogens with zero attached hydrogens (tertiary/aromatic N) is 3. The summed E-state index contributed by atoms with van der Waals surface area (Å²) in [6, 6.07) is 51.4. The highest BCUT2D eigenvalue weighted by Crippen LogP contribution is 2.51. The molecule has 1 aliphatic heterocycles. The Morgan fingerprint density at radius 2 is 1.04 bits per heavy atom. The lowest BCUT2D eigenvalue weighted by atomic mass is 9.76. The highest BCUT2D eigenvalue weighted by molar-refractivity contribution is 6.12. The van der Waals surface area contributed by atoms with E-state index in [1.807, 2.05) is 0 Å². The molecule has 218 valence electrons. The van der Waals surface area contributed by atoms with Gasteiger partial charge in [0.15, 0.2) is 0 Å². The Morgan fingerprint density at radius 1 is 0.478 bits per heavy atom. The number of rotatable bonds is 3. The Bertz CT molecular complexity index is 2520. The van der Waals surface area contributed by atoms with Crippen LogP contribution in [0, 0.1) is 0 Å². The van der Waals surface area contributed by atoms with Crippen molar-refractivity contribution in [2.45, 2.75) is 18.4 Å². The van der Waals surface area contributed by atoms with Gasteiger partial charge in [0.05, 0.1) is 28.1 Å². The highest BCUT2D eigenvalue weighted by Gasteiger charge is 2.46. The number of fused-ring (bicyclic) bond motifs is 9. The molecule has 0 N–H and O–H groups in total. The average molecular weight is 590 g/mol. The van der Waals surface area contributed by atoms with E-state index in [1.165, 1.54) is 66.2 Å². The Hall–Kier alpha value is -5.80. The van der Waals surface area contributed by atoms with Crippen LogP contribution in [0.3, 0.4) is 0 Å². The zero-order chi connectivity index (χ0) is 30.4. The van der Waals surface area contributed by atoms with E-state index < -0.39 is 0 Å². The molecular formula is C43H31N3. The lowest BCUT2D eigenvalue weighted by molar-refractivity contribution is 0.550. The van der Waals surface area contributed by atoms with Crippen molar-refractivity contribution in [3.05, 3.63) is 169 Å². The average Bonchev–Trinajstić information content (AvgIpc) is 3.72. The van der Waals surface area contributed by atoms with Crippen LogP contribution >= 0.6 is 0 Å². The summed E-state index contributed by atoms with van der Waals surface area (Å²) >= 11 is 0. The standard InChI is InChI=1S/C43H31N3/c1-43-26-11-10-23-42(43)46(41-22-9-5-18-36(41)43)30-14-12-13-29(27-30)44-39-21-8-4-17-34(39)35-28-31(24-25-40(35)44)45-37-19-6-2-15-32(37)33-16-3-7-20-38(33)45/h2-28,42H,1H3. The second-order valence-corrected chi connectivity index (χ2v) is 12.8. The minimum atomic E-state index is -0.0720. The molecule has 46 heavy (non-hydrogen) atoms. The Morgan fingerprint density at radius 3 is 1.76 bits per heavy atom. The van der Waals surface area contributed by atoms with Gasteiger partial charge in [-0.2, -0.15) is 0 Å². The molecule has 2 aromatic heterocycles. The Kier molecular flexibility index (Phi) is 5.19. The molecule has 3 nitrogen and oxygen atoms in total. The molecule has 3 heterocycles. The highest BCUT2D eigenvalue weighted by atomic mass is 15.2. The molecule has 0 spiro atoms. The van der Waals surface area contributed by atoms with Crippen molar-refractivity contribution in [1.29, 1.82) is 0 Å². The van der Waals surface area contributed by atoms with E-state index >= 15 is 0 Å². The first-order valence-electron chi connectivity index (χ1n) is 16.1. The fraction of sp³-hybridized carbons (Fsp3) is 0.0698. The molecule has 0 radical (unpaired) electrons. The second kappa shape index (κ2) is 9.35. The first-order chi connectivity index (χ1) is 22.7. The van der Waals surface area contributed by atoms with Crippen LogP contribution in [0.4, 0.5) is 11.4 Å². The van der Waals surface area contributed by atoms with Crippen molar-refractivity contribution >= 4 is 55.0 Å². The fourth-order valence-electron chi connectivity index (χ4n) is 8.28. The number of aromatic nitrogens is 2. The van der Waals surface area contributed by atoms with Gasteiger partial charge in [-0.15, -0.1) is 0 Å². The first-order valence-corrected chi connectivity index (χ1v) is 16.1. The quantitative estimate of drug-likeness (QED) is 0.200. The Labute approximate surface area is 267 Å². The minimum absolute atomic E-state index is 0.0720. The van der Waals surface area contributed by atoms with Crippen LogP contribution in [0.1, 0.15) is 12.5 Å². The van der Waals surface area contributed by atoms with E-state index in [0.717, 1.165) is 5.69 Å². The number of allylic oxidation sites excluding steroid dienone is 2. The summed E-state index contributed by atoms with van der Waals surface area (Å²) in [4.78, 5) is 2.52. The lowest BCUT2D eigenvalue weighted by Crippen LogP contribution is -2.39. The molecule has 0 bridgehead atoms. The van der Waals surface area contributed by atoms with E-state index in [-0.39, 0.29) is 11.5 Å². The lowest BCUT2D eigenvalue weighted by Gasteiger charge is -2.34. The fourth-order valence-corrected chi connectivity index (χ4v) is 8.28. The van der Waals surface area contributed by atoms with Gasteiger partial charge in [0, 0.05) is 49.7 Å². The molecule has 2 unspecified atom stereocenters. The van der Waals surface area contributed by atoms with Crippen LogP contribution in [0.5, 0.6) is 0 Å². The van der Waals surface area contributed by atoms with Gasteiger partial charge in [0.1, 0.15) is 0 Å². The van der Waals surface area contributed by atoms with E-state index in [2.05, 4.69) is 185 Å². The predicted molar refractivity (Wildman–Crippen MR) is 193 cm³/mol.